The highest BCUT2D eigenvalue weighted by Crippen LogP contribution is 2.11. The molecule has 0 heterocycles. The fourth-order valence-electron chi connectivity index (χ4n) is 3.18. The molecule has 2 atom stereocenters. The van der Waals surface area contributed by atoms with E-state index in [1.165, 1.54) is 19.1 Å². The Morgan fingerprint density at radius 1 is 0.778 bits per heavy atom. The molecule has 0 aliphatic rings. The Bertz CT molecular complexity index is 1060. The number of aryl methyl sites for hydroxylation is 1. The number of rotatable bonds is 13. The number of benzene rings is 2. The number of carboxylic acids is 1. The number of aliphatic carboxylic acids is 1. The van der Waals surface area contributed by atoms with Gasteiger partial charge in [0.2, 0.25) is 23.6 Å². The summed E-state index contributed by atoms with van der Waals surface area (Å²) in [5, 5.41) is 27.7. The minimum absolute atomic E-state index is 0.127. The van der Waals surface area contributed by atoms with Crippen LogP contribution in [0.3, 0.4) is 0 Å². The Labute approximate surface area is 208 Å². The van der Waals surface area contributed by atoms with E-state index in [2.05, 4.69) is 21.3 Å². The third-order valence-corrected chi connectivity index (χ3v) is 5.12. The van der Waals surface area contributed by atoms with E-state index < -0.39 is 48.9 Å². The standard InChI is InChI=1S/C25H30N4O7/c1-16(28-21(31)12-9-17-7-10-19(30)11-8-17)24(35)29-20(13-18-5-3-2-4-6-18)25(36)27-14-22(32)26-15-23(33)34/h2-8,10-11,16,20,30H,9,12-15H2,1H3,(H,26,32)(H,27,36)(H,28,31)(H,29,35)(H,33,34)/t16-,20-/m0/s1. The number of carbonyl (C=O) groups excluding carboxylic acids is 4. The zero-order valence-corrected chi connectivity index (χ0v) is 19.8. The van der Waals surface area contributed by atoms with Crippen LogP contribution < -0.4 is 21.3 Å². The maximum Gasteiger partial charge on any atom is 0.322 e. The van der Waals surface area contributed by atoms with E-state index >= 15 is 0 Å². The van der Waals surface area contributed by atoms with Crippen molar-refractivity contribution < 1.29 is 34.2 Å². The van der Waals surface area contributed by atoms with Crippen molar-refractivity contribution >= 4 is 29.6 Å². The van der Waals surface area contributed by atoms with Gasteiger partial charge >= 0.3 is 5.97 Å². The molecule has 0 saturated carbocycles. The largest absolute Gasteiger partial charge is 0.508 e. The van der Waals surface area contributed by atoms with Crippen LogP contribution in [0.4, 0.5) is 0 Å². The molecule has 0 aliphatic carbocycles. The Morgan fingerprint density at radius 2 is 1.44 bits per heavy atom. The smallest absolute Gasteiger partial charge is 0.322 e. The summed E-state index contributed by atoms with van der Waals surface area (Å²) in [6.45, 7) is 0.449. The van der Waals surface area contributed by atoms with E-state index in [0.717, 1.165) is 11.1 Å². The molecule has 0 unspecified atom stereocenters. The minimum atomic E-state index is -1.22. The Kier molecular flexibility index (Phi) is 10.9. The Balaban J connectivity index is 1.93. The fraction of sp³-hybridized carbons (Fsp3) is 0.320. The molecular weight excluding hydrogens is 468 g/mol. The van der Waals surface area contributed by atoms with Crippen LogP contribution in [0.25, 0.3) is 0 Å². The second-order valence-corrected chi connectivity index (χ2v) is 8.09. The minimum Gasteiger partial charge on any atom is -0.508 e. The van der Waals surface area contributed by atoms with Crippen LogP contribution in [0.5, 0.6) is 5.75 Å². The van der Waals surface area contributed by atoms with Crippen LogP contribution in [0, 0.1) is 0 Å². The van der Waals surface area contributed by atoms with Crippen molar-refractivity contribution in [3.05, 3.63) is 65.7 Å². The number of phenols is 1. The average molecular weight is 499 g/mol. The van der Waals surface area contributed by atoms with Gasteiger partial charge in [-0.05, 0) is 36.6 Å². The van der Waals surface area contributed by atoms with Crippen molar-refractivity contribution in [3.63, 3.8) is 0 Å². The third kappa shape index (κ3) is 10.2. The number of hydrogen-bond acceptors (Lipinski definition) is 6. The van der Waals surface area contributed by atoms with Gasteiger partial charge in [0.05, 0.1) is 6.54 Å². The summed E-state index contributed by atoms with van der Waals surface area (Å²) in [5.74, 6) is -3.36. The van der Waals surface area contributed by atoms with Gasteiger partial charge in [-0.25, -0.2) is 0 Å². The van der Waals surface area contributed by atoms with Crippen molar-refractivity contribution in [2.24, 2.45) is 0 Å². The van der Waals surface area contributed by atoms with E-state index in [1.807, 2.05) is 0 Å². The number of nitrogens with one attached hydrogen (secondary N) is 4. The molecule has 0 aliphatic heterocycles. The lowest BCUT2D eigenvalue weighted by Crippen LogP contribution is -2.54. The van der Waals surface area contributed by atoms with Crippen molar-refractivity contribution in [2.45, 2.75) is 38.3 Å². The van der Waals surface area contributed by atoms with E-state index in [1.54, 1.807) is 42.5 Å². The topological polar surface area (TPSA) is 174 Å². The first kappa shape index (κ1) is 27.8. The number of aromatic hydroxyl groups is 1. The molecule has 0 fully saturated rings. The van der Waals surface area contributed by atoms with E-state index in [-0.39, 0.29) is 24.5 Å². The van der Waals surface area contributed by atoms with Gasteiger partial charge in [-0.15, -0.1) is 0 Å². The van der Waals surface area contributed by atoms with Gasteiger partial charge in [0, 0.05) is 12.8 Å². The van der Waals surface area contributed by atoms with Gasteiger partial charge in [0.25, 0.3) is 0 Å². The molecule has 0 spiro atoms. The lowest BCUT2D eigenvalue weighted by molar-refractivity contribution is -0.138. The van der Waals surface area contributed by atoms with Crippen LogP contribution in [0.1, 0.15) is 24.5 Å². The fourth-order valence-corrected chi connectivity index (χ4v) is 3.18. The molecule has 0 radical (unpaired) electrons. The van der Waals surface area contributed by atoms with Crippen LogP contribution in [0.2, 0.25) is 0 Å². The van der Waals surface area contributed by atoms with E-state index in [4.69, 9.17) is 5.11 Å². The Hall–Kier alpha value is -4.41. The van der Waals surface area contributed by atoms with Gasteiger partial charge in [-0.3, -0.25) is 24.0 Å². The second kappa shape index (κ2) is 14.1. The predicted octanol–water partition coefficient (Wildman–Crippen LogP) is -0.126. The predicted molar refractivity (Wildman–Crippen MR) is 130 cm³/mol. The van der Waals surface area contributed by atoms with E-state index in [0.29, 0.717) is 6.42 Å². The maximum absolute atomic E-state index is 12.7. The molecule has 0 saturated heterocycles. The molecule has 2 aromatic carbocycles. The molecule has 11 heteroatoms. The molecule has 192 valence electrons. The summed E-state index contributed by atoms with van der Waals surface area (Å²) >= 11 is 0. The first-order valence-corrected chi connectivity index (χ1v) is 11.3. The first-order chi connectivity index (χ1) is 17.1. The molecule has 0 bridgehead atoms. The summed E-state index contributed by atoms with van der Waals surface area (Å²) < 4.78 is 0. The number of carboxylic acid groups (broad SMARTS) is 1. The molecule has 6 N–H and O–H groups in total. The molecular formula is C25H30N4O7. The van der Waals surface area contributed by atoms with Gasteiger partial charge in [-0.2, -0.15) is 0 Å². The average Bonchev–Trinajstić information content (AvgIpc) is 2.85. The highest BCUT2D eigenvalue weighted by atomic mass is 16.4. The summed E-state index contributed by atoms with van der Waals surface area (Å²) in [7, 11) is 0. The van der Waals surface area contributed by atoms with Crippen molar-refractivity contribution in [1.82, 2.24) is 21.3 Å². The molecule has 36 heavy (non-hydrogen) atoms. The zero-order chi connectivity index (χ0) is 26.5. The number of hydrogen-bond donors (Lipinski definition) is 6. The maximum atomic E-state index is 12.7. The van der Waals surface area contributed by atoms with Crippen molar-refractivity contribution in [1.29, 1.82) is 0 Å². The van der Waals surface area contributed by atoms with Gasteiger partial charge in [0.1, 0.15) is 24.4 Å². The summed E-state index contributed by atoms with van der Waals surface area (Å²) in [5.41, 5.74) is 1.62. The lowest BCUT2D eigenvalue weighted by Gasteiger charge is -2.21. The molecule has 2 aromatic rings. The number of amides is 4. The van der Waals surface area contributed by atoms with Gasteiger partial charge < -0.3 is 31.5 Å². The summed E-state index contributed by atoms with van der Waals surface area (Å²) in [6.07, 6.45) is 0.682. The number of carbonyl (C=O) groups is 5. The zero-order valence-electron chi connectivity index (χ0n) is 19.8. The SMILES string of the molecule is C[C@H](NC(=O)CCc1ccc(O)cc1)C(=O)N[C@@H](Cc1ccccc1)C(=O)NCC(=O)NCC(=O)O. The normalized spacial score (nSPS) is 12.0. The van der Waals surface area contributed by atoms with Crippen LogP contribution in [-0.4, -0.2) is 65.0 Å². The van der Waals surface area contributed by atoms with Crippen LogP contribution in [-0.2, 0) is 36.8 Å². The first-order valence-electron chi connectivity index (χ1n) is 11.3. The summed E-state index contributed by atoms with van der Waals surface area (Å²) in [6, 6.07) is 13.4. The number of phenolic OH excluding ortho intramolecular Hbond substituents is 1. The molecule has 11 nitrogen and oxygen atoms in total. The highest BCUT2D eigenvalue weighted by molar-refractivity contribution is 5.93. The van der Waals surface area contributed by atoms with E-state index in [9.17, 15) is 29.1 Å². The summed E-state index contributed by atoms with van der Waals surface area (Å²) in [4.78, 5) is 60.0. The van der Waals surface area contributed by atoms with Crippen molar-refractivity contribution in [2.75, 3.05) is 13.1 Å². The quantitative estimate of drug-likeness (QED) is 0.223. The molecule has 4 amide bonds. The third-order valence-electron chi connectivity index (χ3n) is 5.12. The monoisotopic (exact) mass is 498 g/mol. The van der Waals surface area contributed by atoms with Crippen LogP contribution in [0.15, 0.2) is 54.6 Å². The van der Waals surface area contributed by atoms with Crippen LogP contribution >= 0.6 is 0 Å². The van der Waals surface area contributed by atoms with Gasteiger partial charge in [-0.1, -0.05) is 42.5 Å². The lowest BCUT2D eigenvalue weighted by atomic mass is 10.0. The highest BCUT2D eigenvalue weighted by Gasteiger charge is 2.25. The Morgan fingerprint density at radius 3 is 2.08 bits per heavy atom. The molecule has 2 rings (SSSR count). The van der Waals surface area contributed by atoms with Crippen molar-refractivity contribution in [3.8, 4) is 5.75 Å². The second-order valence-electron chi connectivity index (χ2n) is 8.09. The molecule has 0 aromatic heterocycles. The van der Waals surface area contributed by atoms with Gasteiger partial charge in [0.15, 0.2) is 0 Å².